The highest BCUT2D eigenvalue weighted by Gasteiger charge is 2.08. The van der Waals surface area contributed by atoms with Crippen LogP contribution < -0.4 is 5.32 Å². The average molecular weight is 292 g/mol. The van der Waals surface area contributed by atoms with Crippen molar-refractivity contribution in [3.63, 3.8) is 0 Å². The fraction of sp³-hybridized carbons (Fsp3) is 0.231. The van der Waals surface area contributed by atoms with Crippen molar-refractivity contribution in [1.82, 2.24) is 15.5 Å². The first-order valence-corrected chi connectivity index (χ1v) is 6.31. The molecular weight excluding hydrogens is 278 g/mol. The van der Waals surface area contributed by atoms with E-state index in [2.05, 4.69) is 50.5 Å². The molecule has 2 aromatic rings. The maximum absolute atomic E-state index is 4.04. The third-order valence-corrected chi connectivity index (χ3v) is 3.31. The van der Waals surface area contributed by atoms with Crippen LogP contribution in [0.1, 0.15) is 24.2 Å². The molecule has 0 spiro atoms. The van der Waals surface area contributed by atoms with E-state index in [1.807, 2.05) is 24.3 Å². The van der Waals surface area contributed by atoms with Gasteiger partial charge in [0.25, 0.3) is 0 Å². The number of aromatic nitrogens is 2. The van der Waals surface area contributed by atoms with Gasteiger partial charge in [-0.15, -0.1) is 0 Å². The lowest BCUT2D eigenvalue weighted by Crippen LogP contribution is -2.19. The molecule has 0 aliphatic carbocycles. The Morgan fingerprint density at radius 2 is 2.06 bits per heavy atom. The Balaban J connectivity index is 1.99. The molecule has 0 fully saturated rings. The molecule has 0 amide bonds. The molecule has 0 aliphatic heterocycles. The van der Waals surface area contributed by atoms with E-state index in [0.717, 1.165) is 16.7 Å². The lowest BCUT2D eigenvalue weighted by molar-refractivity contribution is 0.562. The van der Waals surface area contributed by atoms with Crippen LogP contribution in [0.3, 0.4) is 0 Å². The van der Waals surface area contributed by atoms with Crippen molar-refractivity contribution < 1.29 is 0 Å². The topological polar surface area (TPSA) is 37.8 Å². The largest absolute Gasteiger partial charge is 0.304 e. The molecule has 0 radical (unpaired) electrons. The fourth-order valence-electron chi connectivity index (χ4n) is 1.62. The van der Waals surface area contributed by atoms with Gasteiger partial charge in [-0.05, 0) is 30.7 Å². The van der Waals surface area contributed by atoms with Crippen molar-refractivity contribution in [3.05, 3.63) is 58.3 Å². The minimum Gasteiger partial charge on any atom is -0.304 e. The molecule has 0 bridgehead atoms. The first-order chi connectivity index (χ1) is 8.27. The first-order valence-electron chi connectivity index (χ1n) is 5.52. The molecule has 88 valence electrons. The summed E-state index contributed by atoms with van der Waals surface area (Å²) in [6.45, 7) is 2.85. The third-order valence-electron chi connectivity index (χ3n) is 2.59. The molecule has 1 atom stereocenters. The molecule has 2 rings (SSSR count). The average Bonchev–Trinajstić information content (AvgIpc) is 2.38. The first kappa shape index (κ1) is 12.2. The van der Waals surface area contributed by atoms with Gasteiger partial charge in [0.2, 0.25) is 0 Å². The molecule has 4 heteroatoms. The molecule has 0 saturated heterocycles. The molecule has 1 heterocycles. The standard InChI is InChI=1S/C13H14BrN3/c1-10(12-6-2-3-7-13(12)14)15-9-11-5-4-8-16-17-11/h2-8,10,15H,9H2,1H3. The van der Waals surface area contributed by atoms with E-state index < -0.39 is 0 Å². The highest BCUT2D eigenvalue weighted by Crippen LogP contribution is 2.22. The second kappa shape index (κ2) is 5.89. The Kier molecular flexibility index (Phi) is 4.23. The molecule has 1 aromatic carbocycles. The van der Waals surface area contributed by atoms with Crippen LogP contribution in [-0.2, 0) is 6.54 Å². The maximum Gasteiger partial charge on any atom is 0.0769 e. The highest BCUT2D eigenvalue weighted by molar-refractivity contribution is 9.10. The number of rotatable bonds is 4. The predicted octanol–water partition coefficient (Wildman–Crippen LogP) is 3.09. The van der Waals surface area contributed by atoms with E-state index in [0.29, 0.717) is 0 Å². The summed E-state index contributed by atoms with van der Waals surface area (Å²) in [5.74, 6) is 0. The van der Waals surface area contributed by atoms with Crippen LogP contribution in [0.5, 0.6) is 0 Å². The van der Waals surface area contributed by atoms with Crippen LogP contribution in [0.2, 0.25) is 0 Å². The van der Waals surface area contributed by atoms with Gasteiger partial charge >= 0.3 is 0 Å². The fourth-order valence-corrected chi connectivity index (χ4v) is 2.25. The molecule has 1 unspecified atom stereocenters. The second-order valence-corrected chi connectivity index (χ2v) is 4.69. The summed E-state index contributed by atoms with van der Waals surface area (Å²) in [4.78, 5) is 0. The van der Waals surface area contributed by atoms with Crippen molar-refractivity contribution in [2.45, 2.75) is 19.5 Å². The molecule has 0 saturated carbocycles. The Hall–Kier alpha value is -1.26. The zero-order valence-corrected chi connectivity index (χ0v) is 11.2. The number of nitrogens with one attached hydrogen (secondary N) is 1. The van der Waals surface area contributed by atoms with E-state index >= 15 is 0 Å². The van der Waals surface area contributed by atoms with Gasteiger partial charge in [-0.1, -0.05) is 34.1 Å². The van der Waals surface area contributed by atoms with Crippen LogP contribution in [0.25, 0.3) is 0 Å². The van der Waals surface area contributed by atoms with Crippen LogP contribution in [0.15, 0.2) is 47.1 Å². The van der Waals surface area contributed by atoms with Gasteiger partial charge in [0.1, 0.15) is 0 Å². The van der Waals surface area contributed by atoms with Gasteiger partial charge in [0.05, 0.1) is 5.69 Å². The van der Waals surface area contributed by atoms with Crippen molar-refractivity contribution >= 4 is 15.9 Å². The van der Waals surface area contributed by atoms with Crippen molar-refractivity contribution in [2.24, 2.45) is 0 Å². The number of nitrogens with zero attached hydrogens (tertiary/aromatic N) is 2. The van der Waals surface area contributed by atoms with Crippen LogP contribution in [0, 0.1) is 0 Å². The van der Waals surface area contributed by atoms with Gasteiger partial charge in [-0.2, -0.15) is 10.2 Å². The monoisotopic (exact) mass is 291 g/mol. The smallest absolute Gasteiger partial charge is 0.0769 e. The van der Waals surface area contributed by atoms with Gasteiger partial charge in [-0.3, -0.25) is 0 Å². The minimum atomic E-state index is 0.271. The molecule has 3 nitrogen and oxygen atoms in total. The van der Waals surface area contributed by atoms with E-state index in [1.165, 1.54) is 5.56 Å². The van der Waals surface area contributed by atoms with Gasteiger partial charge in [0.15, 0.2) is 0 Å². The van der Waals surface area contributed by atoms with Gasteiger partial charge in [0, 0.05) is 23.3 Å². The Morgan fingerprint density at radius 3 is 2.76 bits per heavy atom. The summed E-state index contributed by atoms with van der Waals surface area (Å²) < 4.78 is 1.12. The van der Waals surface area contributed by atoms with Crippen LogP contribution in [0.4, 0.5) is 0 Å². The quantitative estimate of drug-likeness (QED) is 0.941. The number of hydrogen-bond acceptors (Lipinski definition) is 3. The van der Waals surface area contributed by atoms with Crippen molar-refractivity contribution in [2.75, 3.05) is 0 Å². The van der Waals surface area contributed by atoms with Crippen molar-refractivity contribution in [3.8, 4) is 0 Å². The highest BCUT2D eigenvalue weighted by atomic mass is 79.9. The number of benzene rings is 1. The molecule has 17 heavy (non-hydrogen) atoms. The summed E-state index contributed by atoms with van der Waals surface area (Å²) in [5, 5.41) is 11.3. The normalized spacial score (nSPS) is 12.4. The predicted molar refractivity (Wildman–Crippen MR) is 71.4 cm³/mol. The second-order valence-electron chi connectivity index (χ2n) is 3.84. The Bertz CT molecular complexity index is 473. The molecule has 1 aromatic heterocycles. The summed E-state index contributed by atoms with van der Waals surface area (Å²) >= 11 is 3.56. The molecule has 1 N–H and O–H groups in total. The lowest BCUT2D eigenvalue weighted by Gasteiger charge is -2.15. The summed E-state index contributed by atoms with van der Waals surface area (Å²) in [7, 11) is 0. The zero-order valence-electron chi connectivity index (χ0n) is 9.60. The number of hydrogen-bond donors (Lipinski definition) is 1. The van der Waals surface area contributed by atoms with Crippen LogP contribution in [-0.4, -0.2) is 10.2 Å². The Labute approximate surface area is 109 Å². The van der Waals surface area contributed by atoms with Gasteiger partial charge < -0.3 is 5.32 Å². The summed E-state index contributed by atoms with van der Waals surface area (Å²) in [6, 6.07) is 12.4. The van der Waals surface area contributed by atoms with Gasteiger partial charge in [-0.25, -0.2) is 0 Å². The Morgan fingerprint density at radius 1 is 1.24 bits per heavy atom. The summed E-state index contributed by atoms with van der Waals surface area (Å²) in [5.41, 5.74) is 2.20. The SMILES string of the molecule is CC(NCc1cccnn1)c1ccccc1Br. The summed E-state index contributed by atoms with van der Waals surface area (Å²) in [6.07, 6.45) is 1.68. The third kappa shape index (κ3) is 3.35. The van der Waals surface area contributed by atoms with Crippen LogP contribution >= 0.6 is 15.9 Å². The van der Waals surface area contributed by atoms with E-state index in [9.17, 15) is 0 Å². The van der Waals surface area contributed by atoms with E-state index in [-0.39, 0.29) is 6.04 Å². The molecule has 0 aliphatic rings. The lowest BCUT2D eigenvalue weighted by atomic mass is 10.1. The number of halogens is 1. The molecular formula is C13H14BrN3. The zero-order chi connectivity index (χ0) is 12.1. The van der Waals surface area contributed by atoms with Crippen molar-refractivity contribution in [1.29, 1.82) is 0 Å². The van der Waals surface area contributed by atoms with E-state index in [1.54, 1.807) is 6.20 Å². The maximum atomic E-state index is 4.04. The van der Waals surface area contributed by atoms with E-state index in [4.69, 9.17) is 0 Å². The minimum absolute atomic E-state index is 0.271.